The third kappa shape index (κ3) is 6.06. The summed E-state index contributed by atoms with van der Waals surface area (Å²) in [6.07, 6.45) is 3.85. The van der Waals surface area contributed by atoms with Crippen molar-refractivity contribution in [2.45, 2.75) is 59.2 Å². The van der Waals surface area contributed by atoms with Crippen LogP contribution in [0.15, 0.2) is 18.2 Å². The average molecular weight is 292 g/mol. The van der Waals surface area contributed by atoms with E-state index in [1.807, 2.05) is 7.05 Å². The first-order valence-electron chi connectivity index (χ1n) is 8.16. The maximum atomic E-state index is 5.54. The molecule has 1 aromatic rings. The number of unbranched alkanes of at least 4 members (excludes halogenated alkanes) is 2. The van der Waals surface area contributed by atoms with Gasteiger partial charge in [-0.1, -0.05) is 25.8 Å². The smallest absolute Gasteiger partial charge is 0.123 e. The second-order valence-electron chi connectivity index (χ2n) is 5.95. The Bertz CT molecular complexity index is 404. The van der Waals surface area contributed by atoms with Crippen LogP contribution in [-0.4, -0.2) is 31.6 Å². The molecule has 3 heteroatoms. The van der Waals surface area contributed by atoms with Crippen molar-refractivity contribution in [1.29, 1.82) is 0 Å². The number of nitrogens with zero attached hydrogens (tertiary/aromatic N) is 1. The van der Waals surface area contributed by atoms with Gasteiger partial charge in [0.05, 0.1) is 7.11 Å². The Labute approximate surface area is 130 Å². The third-order valence-corrected chi connectivity index (χ3v) is 3.88. The zero-order chi connectivity index (χ0) is 15.7. The zero-order valence-electron chi connectivity index (χ0n) is 14.4. The summed E-state index contributed by atoms with van der Waals surface area (Å²) in [5, 5.41) is 3.21. The van der Waals surface area contributed by atoms with Crippen molar-refractivity contribution in [2.24, 2.45) is 0 Å². The van der Waals surface area contributed by atoms with E-state index in [1.54, 1.807) is 7.11 Å². The van der Waals surface area contributed by atoms with Crippen molar-refractivity contribution in [1.82, 2.24) is 10.2 Å². The SMILES string of the molecule is CCCCCN(Cc1cc(CNC)ccc1OC)C(C)C. The van der Waals surface area contributed by atoms with Gasteiger partial charge in [0, 0.05) is 24.7 Å². The number of hydrogen-bond acceptors (Lipinski definition) is 3. The topological polar surface area (TPSA) is 24.5 Å². The van der Waals surface area contributed by atoms with Gasteiger partial charge in [-0.25, -0.2) is 0 Å². The summed E-state index contributed by atoms with van der Waals surface area (Å²) in [5.41, 5.74) is 2.60. The van der Waals surface area contributed by atoms with Crippen LogP contribution in [0, 0.1) is 0 Å². The van der Waals surface area contributed by atoms with Gasteiger partial charge in [0.1, 0.15) is 5.75 Å². The van der Waals surface area contributed by atoms with Crippen LogP contribution in [-0.2, 0) is 13.1 Å². The lowest BCUT2D eigenvalue weighted by Gasteiger charge is -2.27. The minimum atomic E-state index is 0.555. The molecule has 0 bridgehead atoms. The summed E-state index contributed by atoms with van der Waals surface area (Å²) < 4.78 is 5.54. The molecule has 0 atom stereocenters. The van der Waals surface area contributed by atoms with E-state index in [1.165, 1.54) is 30.4 Å². The van der Waals surface area contributed by atoms with Crippen LogP contribution >= 0.6 is 0 Å². The van der Waals surface area contributed by atoms with E-state index in [9.17, 15) is 0 Å². The first-order chi connectivity index (χ1) is 10.1. The molecule has 0 aromatic heterocycles. The number of hydrogen-bond donors (Lipinski definition) is 1. The fraction of sp³-hybridized carbons (Fsp3) is 0.667. The predicted octanol–water partition coefficient (Wildman–Crippen LogP) is 3.82. The van der Waals surface area contributed by atoms with E-state index in [4.69, 9.17) is 4.74 Å². The molecule has 0 aliphatic heterocycles. The molecule has 0 saturated carbocycles. The second kappa shape index (κ2) is 9.80. The lowest BCUT2D eigenvalue weighted by molar-refractivity contribution is 0.206. The molecule has 0 radical (unpaired) electrons. The summed E-state index contributed by atoms with van der Waals surface area (Å²) in [6.45, 7) is 9.82. The molecular formula is C18H32N2O. The Morgan fingerprint density at radius 2 is 2.00 bits per heavy atom. The Morgan fingerprint density at radius 1 is 1.24 bits per heavy atom. The molecule has 0 fully saturated rings. The van der Waals surface area contributed by atoms with Gasteiger partial charge in [-0.3, -0.25) is 4.90 Å². The zero-order valence-corrected chi connectivity index (χ0v) is 14.4. The van der Waals surface area contributed by atoms with E-state index >= 15 is 0 Å². The van der Waals surface area contributed by atoms with Crippen LogP contribution < -0.4 is 10.1 Å². The standard InChI is InChI=1S/C18H32N2O/c1-6-7-8-11-20(15(2)3)14-17-12-16(13-19-4)9-10-18(17)21-5/h9-10,12,15,19H,6-8,11,13-14H2,1-5H3. The van der Waals surface area contributed by atoms with Gasteiger partial charge in [0.25, 0.3) is 0 Å². The molecule has 0 heterocycles. The Balaban J connectivity index is 2.82. The summed E-state index contributed by atoms with van der Waals surface area (Å²) in [5.74, 6) is 0.996. The molecule has 1 N–H and O–H groups in total. The Morgan fingerprint density at radius 3 is 2.57 bits per heavy atom. The molecule has 0 saturated heterocycles. The van der Waals surface area contributed by atoms with Crippen LogP contribution in [0.2, 0.25) is 0 Å². The molecule has 0 aliphatic rings. The van der Waals surface area contributed by atoms with Crippen molar-refractivity contribution in [3.05, 3.63) is 29.3 Å². The molecule has 1 aromatic carbocycles. The first-order valence-corrected chi connectivity index (χ1v) is 8.16. The van der Waals surface area contributed by atoms with Crippen molar-refractivity contribution >= 4 is 0 Å². The highest BCUT2D eigenvalue weighted by Crippen LogP contribution is 2.23. The normalized spacial score (nSPS) is 11.4. The van der Waals surface area contributed by atoms with Crippen LogP contribution in [0.1, 0.15) is 51.2 Å². The summed E-state index contributed by atoms with van der Waals surface area (Å²) >= 11 is 0. The molecule has 120 valence electrons. The van der Waals surface area contributed by atoms with Crippen molar-refractivity contribution in [3.63, 3.8) is 0 Å². The lowest BCUT2D eigenvalue weighted by atomic mass is 10.1. The van der Waals surface area contributed by atoms with Crippen LogP contribution in [0.5, 0.6) is 5.75 Å². The molecule has 0 spiro atoms. The van der Waals surface area contributed by atoms with E-state index in [-0.39, 0.29) is 0 Å². The van der Waals surface area contributed by atoms with Crippen LogP contribution in [0.4, 0.5) is 0 Å². The van der Waals surface area contributed by atoms with Crippen LogP contribution in [0.25, 0.3) is 0 Å². The maximum absolute atomic E-state index is 5.54. The Kier molecular flexibility index (Phi) is 8.40. The van der Waals surface area contributed by atoms with Gasteiger partial charge in [-0.2, -0.15) is 0 Å². The Hall–Kier alpha value is -1.06. The van der Waals surface area contributed by atoms with Gasteiger partial charge in [-0.15, -0.1) is 0 Å². The van der Waals surface area contributed by atoms with Gasteiger partial charge < -0.3 is 10.1 Å². The average Bonchev–Trinajstić information content (AvgIpc) is 2.47. The highest BCUT2D eigenvalue weighted by Gasteiger charge is 2.13. The quantitative estimate of drug-likeness (QED) is 0.664. The highest BCUT2D eigenvalue weighted by molar-refractivity contribution is 5.37. The monoisotopic (exact) mass is 292 g/mol. The van der Waals surface area contributed by atoms with E-state index < -0.39 is 0 Å². The number of nitrogens with one attached hydrogen (secondary N) is 1. The van der Waals surface area contributed by atoms with Gasteiger partial charge in [-0.05, 0) is 51.6 Å². The lowest BCUT2D eigenvalue weighted by Crippen LogP contribution is -2.31. The molecule has 21 heavy (non-hydrogen) atoms. The minimum absolute atomic E-state index is 0.555. The first kappa shape index (κ1) is 18.0. The van der Waals surface area contributed by atoms with Gasteiger partial charge >= 0.3 is 0 Å². The molecular weight excluding hydrogens is 260 g/mol. The largest absolute Gasteiger partial charge is 0.496 e. The molecule has 1 rings (SSSR count). The fourth-order valence-corrected chi connectivity index (χ4v) is 2.57. The predicted molar refractivity (Wildman–Crippen MR) is 90.8 cm³/mol. The van der Waals surface area contributed by atoms with Crippen molar-refractivity contribution in [3.8, 4) is 5.75 Å². The number of ether oxygens (including phenoxy) is 1. The number of rotatable bonds is 10. The highest BCUT2D eigenvalue weighted by atomic mass is 16.5. The van der Waals surface area contributed by atoms with Gasteiger partial charge in [0.15, 0.2) is 0 Å². The molecule has 0 amide bonds. The molecule has 3 nitrogen and oxygen atoms in total. The van der Waals surface area contributed by atoms with E-state index in [0.29, 0.717) is 6.04 Å². The summed E-state index contributed by atoms with van der Waals surface area (Å²) in [7, 11) is 3.74. The summed E-state index contributed by atoms with van der Waals surface area (Å²) in [4.78, 5) is 2.54. The number of methoxy groups -OCH3 is 1. The van der Waals surface area contributed by atoms with Crippen molar-refractivity contribution in [2.75, 3.05) is 20.7 Å². The fourth-order valence-electron chi connectivity index (χ4n) is 2.57. The minimum Gasteiger partial charge on any atom is -0.496 e. The number of benzene rings is 1. The van der Waals surface area contributed by atoms with Crippen LogP contribution in [0.3, 0.4) is 0 Å². The third-order valence-electron chi connectivity index (χ3n) is 3.88. The molecule has 0 unspecified atom stereocenters. The maximum Gasteiger partial charge on any atom is 0.123 e. The summed E-state index contributed by atoms with van der Waals surface area (Å²) in [6, 6.07) is 7.05. The molecule has 0 aliphatic carbocycles. The van der Waals surface area contributed by atoms with Crippen molar-refractivity contribution < 1.29 is 4.74 Å². The van der Waals surface area contributed by atoms with Gasteiger partial charge in [0.2, 0.25) is 0 Å². The second-order valence-corrected chi connectivity index (χ2v) is 5.95. The van der Waals surface area contributed by atoms with E-state index in [2.05, 4.69) is 49.2 Å². The van der Waals surface area contributed by atoms with E-state index in [0.717, 1.165) is 25.4 Å².